The molecule has 17 heavy (non-hydrogen) atoms. The Labute approximate surface area is 99.2 Å². The van der Waals surface area contributed by atoms with Gasteiger partial charge >= 0.3 is 5.97 Å². The third kappa shape index (κ3) is 3.86. The van der Waals surface area contributed by atoms with E-state index in [1.807, 2.05) is 13.8 Å². The first kappa shape index (κ1) is 13.1. The van der Waals surface area contributed by atoms with Gasteiger partial charge in [0.1, 0.15) is 12.9 Å². The van der Waals surface area contributed by atoms with Gasteiger partial charge in [-0.15, -0.1) is 5.10 Å². The van der Waals surface area contributed by atoms with Crippen molar-refractivity contribution in [2.24, 2.45) is 0 Å². The molecule has 1 rings (SSSR count). The van der Waals surface area contributed by atoms with Gasteiger partial charge in [-0.3, -0.25) is 4.79 Å². The molecule has 0 aliphatic rings. The zero-order chi connectivity index (χ0) is 12.8. The van der Waals surface area contributed by atoms with Crippen LogP contribution in [-0.4, -0.2) is 39.8 Å². The lowest BCUT2D eigenvalue weighted by Crippen LogP contribution is -2.34. The van der Waals surface area contributed by atoms with E-state index in [9.17, 15) is 9.59 Å². The molecule has 0 saturated carbocycles. The van der Waals surface area contributed by atoms with Crippen LogP contribution in [0.5, 0.6) is 0 Å². The lowest BCUT2D eigenvalue weighted by atomic mass is 10.2. The van der Waals surface area contributed by atoms with Gasteiger partial charge in [-0.05, 0) is 13.3 Å². The Balaban J connectivity index is 2.54. The number of methoxy groups -OCH3 is 1. The van der Waals surface area contributed by atoms with Crippen LogP contribution < -0.4 is 5.32 Å². The predicted molar refractivity (Wildman–Crippen MR) is 59.3 cm³/mol. The fourth-order valence-corrected chi connectivity index (χ4v) is 1.13. The van der Waals surface area contributed by atoms with Crippen molar-refractivity contribution in [2.75, 3.05) is 7.11 Å². The molecule has 1 heterocycles. The molecular weight excluding hydrogens is 224 g/mol. The van der Waals surface area contributed by atoms with Gasteiger partial charge < -0.3 is 10.1 Å². The second-order valence-electron chi connectivity index (χ2n) is 3.63. The third-order valence-corrected chi connectivity index (χ3v) is 2.23. The quantitative estimate of drug-likeness (QED) is 0.731. The number of carbonyl (C=O) groups is 2. The second-order valence-corrected chi connectivity index (χ2v) is 3.63. The molecule has 0 radical (unpaired) electrons. The van der Waals surface area contributed by atoms with Gasteiger partial charge in [-0.1, -0.05) is 6.92 Å². The maximum Gasteiger partial charge on any atom is 0.377 e. The van der Waals surface area contributed by atoms with E-state index < -0.39 is 5.97 Å². The monoisotopic (exact) mass is 240 g/mol. The van der Waals surface area contributed by atoms with E-state index in [0.717, 1.165) is 6.42 Å². The normalized spacial score (nSPS) is 11.9. The van der Waals surface area contributed by atoms with Gasteiger partial charge in [0.15, 0.2) is 0 Å². The van der Waals surface area contributed by atoms with Gasteiger partial charge in [0.25, 0.3) is 5.82 Å². The molecule has 1 atom stereocenters. The van der Waals surface area contributed by atoms with Crippen LogP contribution in [0, 0.1) is 0 Å². The maximum atomic E-state index is 11.5. The number of amides is 1. The summed E-state index contributed by atoms with van der Waals surface area (Å²) in [6, 6.07) is 0.117. The molecule has 1 amide bonds. The minimum absolute atomic E-state index is 0.0360. The van der Waals surface area contributed by atoms with Crippen molar-refractivity contribution in [3.63, 3.8) is 0 Å². The van der Waals surface area contributed by atoms with Crippen LogP contribution in [0.4, 0.5) is 0 Å². The van der Waals surface area contributed by atoms with Gasteiger partial charge in [-0.25, -0.2) is 14.5 Å². The Morgan fingerprint density at radius 3 is 2.88 bits per heavy atom. The van der Waals surface area contributed by atoms with Crippen LogP contribution in [0.25, 0.3) is 0 Å². The highest BCUT2D eigenvalue weighted by Crippen LogP contribution is 1.94. The van der Waals surface area contributed by atoms with Gasteiger partial charge in [0, 0.05) is 6.04 Å². The molecule has 0 saturated heterocycles. The lowest BCUT2D eigenvalue weighted by molar-refractivity contribution is -0.122. The van der Waals surface area contributed by atoms with Crippen molar-refractivity contribution < 1.29 is 14.3 Å². The number of carbonyl (C=O) groups excluding carboxylic acids is 2. The van der Waals surface area contributed by atoms with Crippen LogP contribution in [-0.2, 0) is 16.1 Å². The van der Waals surface area contributed by atoms with Gasteiger partial charge in [-0.2, -0.15) is 0 Å². The molecule has 1 aromatic rings. The topological polar surface area (TPSA) is 86.1 Å². The first-order valence-electron chi connectivity index (χ1n) is 5.34. The smallest absolute Gasteiger partial charge is 0.377 e. The van der Waals surface area contributed by atoms with Crippen molar-refractivity contribution in [1.82, 2.24) is 20.1 Å². The van der Waals surface area contributed by atoms with Crippen molar-refractivity contribution in [2.45, 2.75) is 32.9 Å². The summed E-state index contributed by atoms with van der Waals surface area (Å²) in [4.78, 5) is 26.3. The number of ether oxygens (including phenoxy) is 1. The molecular formula is C10H16N4O3. The highest BCUT2D eigenvalue weighted by molar-refractivity contribution is 5.84. The summed E-state index contributed by atoms with van der Waals surface area (Å²) in [5.74, 6) is -0.837. The van der Waals surface area contributed by atoms with Crippen LogP contribution in [0.1, 0.15) is 30.9 Å². The van der Waals surface area contributed by atoms with E-state index in [4.69, 9.17) is 0 Å². The summed E-state index contributed by atoms with van der Waals surface area (Å²) in [6.07, 6.45) is 2.18. The minimum Gasteiger partial charge on any atom is -0.463 e. The van der Waals surface area contributed by atoms with E-state index >= 15 is 0 Å². The molecule has 7 heteroatoms. The summed E-state index contributed by atoms with van der Waals surface area (Å²) in [5.41, 5.74) is 0. The maximum absolute atomic E-state index is 11.5. The van der Waals surface area contributed by atoms with E-state index in [-0.39, 0.29) is 24.3 Å². The number of rotatable bonds is 5. The Hall–Kier alpha value is -1.92. The average Bonchev–Trinajstić information content (AvgIpc) is 2.76. The van der Waals surface area contributed by atoms with Crippen molar-refractivity contribution in [1.29, 1.82) is 0 Å². The highest BCUT2D eigenvalue weighted by Gasteiger charge is 2.13. The van der Waals surface area contributed by atoms with Crippen LogP contribution >= 0.6 is 0 Å². The van der Waals surface area contributed by atoms with Crippen LogP contribution in [0.3, 0.4) is 0 Å². The average molecular weight is 240 g/mol. The summed E-state index contributed by atoms with van der Waals surface area (Å²) >= 11 is 0. The van der Waals surface area contributed by atoms with E-state index in [1.54, 1.807) is 0 Å². The molecule has 1 unspecified atom stereocenters. The first-order chi connectivity index (χ1) is 8.06. The van der Waals surface area contributed by atoms with Gasteiger partial charge in [0.2, 0.25) is 5.91 Å². The molecule has 0 spiro atoms. The summed E-state index contributed by atoms with van der Waals surface area (Å²) in [7, 11) is 1.25. The number of hydrogen-bond donors (Lipinski definition) is 1. The first-order valence-corrected chi connectivity index (χ1v) is 5.34. The zero-order valence-corrected chi connectivity index (χ0v) is 10.1. The summed E-state index contributed by atoms with van der Waals surface area (Å²) in [5, 5.41) is 6.61. The number of esters is 1. The van der Waals surface area contributed by atoms with E-state index in [0.29, 0.717) is 0 Å². The molecule has 0 bridgehead atoms. The van der Waals surface area contributed by atoms with E-state index in [2.05, 4.69) is 20.1 Å². The molecule has 94 valence electrons. The predicted octanol–water partition coefficient (Wildman–Crippen LogP) is -0.0206. The SMILES string of the molecule is CCC(C)NC(=O)Cn1cnc(C(=O)OC)n1. The molecule has 7 nitrogen and oxygen atoms in total. The lowest BCUT2D eigenvalue weighted by Gasteiger charge is -2.10. The Morgan fingerprint density at radius 2 is 2.29 bits per heavy atom. The van der Waals surface area contributed by atoms with Crippen molar-refractivity contribution in [3.05, 3.63) is 12.2 Å². The largest absolute Gasteiger partial charge is 0.463 e. The van der Waals surface area contributed by atoms with Crippen LogP contribution in [0.15, 0.2) is 6.33 Å². The molecule has 0 aliphatic heterocycles. The van der Waals surface area contributed by atoms with Crippen molar-refractivity contribution >= 4 is 11.9 Å². The fraction of sp³-hybridized carbons (Fsp3) is 0.600. The number of aromatic nitrogens is 3. The summed E-state index contributed by atoms with van der Waals surface area (Å²) < 4.78 is 5.75. The molecule has 0 fully saturated rings. The molecule has 0 aromatic carbocycles. The van der Waals surface area contributed by atoms with E-state index in [1.165, 1.54) is 18.1 Å². The Bertz CT molecular complexity index is 402. The third-order valence-electron chi connectivity index (χ3n) is 2.23. The van der Waals surface area contributed by atoms with Crippen LogP contribution in [0.2, 0.25) is 0 Å². The molecule has 1 N–H and O–H groups in total. The zero-order valence-electron chi connectivity index (χ0n) is 10.1. The number of nitrogens with one attached hydrogen (secondary N) is 1. The Morgan fingerprint density at radius 1 is 1.59 bits per heavy atom. The molecule has 1 aromatic heterocycles. The fourth-order valence-electron chi connectivity index (χ4n) is 1.13. The Kier molecular flexibility index (Phi) is 4.62. The van der Waals surface area contributed by atoms with Crippen molar-refractivity contribution in [3.8, 4) is 0 Å². The summed E-state index contributed by atoms with van der Waals surface area (Å²) in [6.45, 7) is 3.93. The highest BCUT2D eigenvalue weighted by atomic mass is 16.5. The minimum atomic E-state index is -0.619. The number of nitrogens with zero attached hydrogens (tertiary/aromatic N) is 3. The number of hydrogen-bond acceptors (Lipinski definition) is 5. The molecule has 0 aliphatic carbocycles. The van der Waals surface area contributed by atoms with Gasteiger partial charge in [0.05, 0.1) is 7.11 Å². The standard InChI is InChI=1S/C10H16N4O3/c1-4-7(2)12-8(15)5-14-6-11-9(13-14)10(16)17-3/h6-7H,4-5H2,1-3H3,(H,12,15). The second kappa shape index (κ2) is 5.97.